The molecule has 6 nitrogen and oxygen atoms in total. The molecule has 1 aromatic heterocycles. The highest BCUT2D eigenvalue weighted by atomic mass is 16.5. The molecule has 1 heterocycles. The second-order valence-electron chi connectivity index (χ2n) is 3.63. The lowest BCUT2D eigenvalue weighted by atomic mass is 10.2. The van der Waals surface area contributed by atoms with Gasteiger partial charge in [-0.1, -0.05) is 6.92 Å². The zero-order chi connectivity index (χ0) is 12.8. The van der Waals surface area contributed by atoms with E-state index in [1.165, 1.54) is 14.0 Å². The molecule has 0 radical (unpaired) electrons. The Morgan fingerprint density at radius 3 is 2.82 bits per heavy atom. The molecule has 0 saturated heterocycles. The van der Waals surface area contributed by atoms with E-state index in [0.717, 1.165) is 12.2 Å². The number of ether oxygens (including phenoxy) is 1. The molecular formula is C11H17N3O3. The van der Waals surface area contributed by atoms with E-state index in [1.807, 2.05) is 11.5 Å². The van der Waals surface area contributed by atoms with Gasteiger partial charge in [-0.2, -0.15) is 0 Å². The van der Waals surface area contributed by atoms with E-state index in [9.17, 15) is 9.59 Å². The monoisotopic (exact) mass is 239 g/mol. The summed E-state index contributed by atoms with van der Waals surface area (Å²) < 4.78 is 6.48. The Hall–Kier alpha value is -1.85. The molecule has 1 N–H and O–H groups in total. The molecule has 0 bridgehead atoms. The summed E-state index contributed by atoms with van der Waals surface area (Å²) in [5.41, 5.74) is 0. The van der Waals surface area contributed by atoms with Crippen LogP contribution in [0, 0.1) is 0 Å². The molecule has 1 aromatic rings. The van der Waals surface area contributed by atoms with Crippen LogP contribution in [0.5, 0.6) is 0 Å². The Balaban J connectivity index is 2.78. The molecule has 0 aliphatic carbocycles. The Morgan fingerprint density at radius 1 is 1.59 bits per heavy atom. The molecule has 6 heteroatoms. The van der Waals surface area contributed by atoms with Crippen molar-refractivity contribution in [3.8, 4) is 0 Å². The molecule has 94 valence electrons. The molecule has 0 aromatic carbocycles. The van der Waals surface area contributed by atoms with Crippen molar-refractivity contribution in [2.24, 2.45) is 0 Å². The van der Waals surface area contributed by atoms with Gasteiger partial charge < -0.3 is 14.6 Å². The molecule has 1 unspecified atom stereocenters. The zero-order valence-corrected chi connectivity index (χ0v) is 10.3. The molecule has 0 aliphatic heterocycles. The van der Waals surface area contributed by atoms with Crippen molar-refractivity contribution in [3.05, 3.63) is 18.2 Å². The van der Waals surface area contributed by atoms with E-state index in [-0.39, 0.29) is 5.91 Å². The van der Waals surface area contributed by atoms with Crippen molar-refractivity contribution < 1.29 is 14.3 Å². The molecule has 0 fully saturated rings. The van der Waals surface area contributed by atoms with Gasteiger partial charge in [0.15, 0.2) is 0 Å². The van der Waals surface area contributed by atoms with Crippen molar-refractivity contribution >= 4 is 11.9 Å². The minimum Gasteiger partial charge on any atom is -0.467 e. The van der Waals surface area contributed by atoms with E-state index in [0.29, 0.717) is 6.54 Å². The summed E-state index contributed by atoms with van der Waals surface area (Å²) in [5, 5.41) is 2.56. The Kier molecular flexibility index (Phi) is 4.68. The Morgan fingerprint density at radius 2 is 2.29 bits per heavy atom. The fraction of sp³-hybridized carbons (Fsp3) is 0.545. The van der Waals surface area contributed by atoms with Gasteiger partial charge in [0.2, 0.25) is 5.91 Å². The fourth-order valence-electron chi connectivity index (χ4n) is 1.58. The van der Waals surface area contributed by atoms with Crippen molar-refractivity contribution in [3.63, 3.8) is 0 Å². The molecule has 0 spiro atoms. The van der Waals surface area contributed by atoms with Crippen LogP contribution < -0.4 is 5.32 Å². The first-order chi connectivity index (χ1) is 8.08. The number of nitrogens with zero attached hydrogens (tertiary/aromatic N) is 2. The number of imidazole rings is 1. The third-order valence-corrected chi connectivity index (χ3v) is 2.36. The lowest BCUT2D eigenvalue weighted by molar-refractivity contribution is -0.145. The highest BCUT2D eigenvalue weighted by Crippen LogP contribution is 2.02. The van der Waals surface area contributed by atoms with Gasteiger partial charge in [0.1, 0.15) is 11.9 Å². The van der Waals surface area contributed by atoms with Crippen LogP contribution in [0.1, 0.15) is 19.7 Å². The normalized spacial score (nSPS) is 11.9. The molecule has 17 heavy (non-hydrogen) atoms. The molecule has 1 amide bonds. The van der Waals surface area contributed by atoms with E-state index in [1.54, 1.807) is 12.4 Å². The van der Waals surface area contributed by atoms with Crippen LogP contribution in [0.15, 0.2) is 12.4 Å². The zero-order valence-electron chi connectivity index (χ0n) is 10.3. The standard InChI is InChI=1S/C11H17N3O3/c1-4-10-12-5-6-14(10)7-9(11(16)17-3)13-8(2)15/h5-6,9H,4,7H2,1-3H3,(H,13,15). The summed E-state index contributed by atoms with van der Waals surface area (Å²) in [6.07, 6.45) is 4.21. The number of nitrogens with one attached hydrogen (secondary N) is 1. The average molecular weight is 239 g/mol. The number of carbonyl (C=O) groups is 2. The maximum absolute atomic E-state index is 11.5. The Labute approximate surface area is 100.0 Å². The minimum absolute atomic E-state index is 0.265. The first-order valence-electron chi connectivity index (χ1n) is 5.43. The summed E-state index contributed by atoms with van der Waals surface area (Å²) in [6, 6.07) is -0.683. The summed E-state index contributed by atoms with van der Waals surface area (Å²) in [6.45, 7) is 3.67. The number of carbonyl (C=O) groups excluding carboxylic acids is 2. The number of aromatic nitrogens is 2. The average Bonchev–Trinajstić information content (AvgIpc) is 2.73. The number of methoxy groups -OCH3 is 1. The van der Waals surface area contributed by atoms with Crippen molar-refractivity contribution in [2.75, 3.05) is 7.11 Å². The second kappa shape index (κ2) is 6.03. The summed E-state index contributed by atoms with van der Waals surface area (Å²) in [5.74, 6) is 0.138. The maximum Gasteiger partial charge on any atom is 0.330 e. The van der Waals surface area contributed by atoms with Crippen LogP contribution in [-0.4, -0.2) is 34.6 Å². The maximum atomic E-state index is 11.5. The lowest BCUT2D eigenvalue weighted by Crippen LogP contribution is -2.43. The number of rotatable bonds is 5. The van der Waals surface area contributed by atoms with Gasteiger partial charge in [0, 0.05) is 25.7 Å². The van der Waals surface area contributed by atoms with Crippen LogP contribution in [0.3, 0.4) is 0 Å². The topological polar surface area (TPSA) is 73.2 Å². The third-order valence-electron chi connectivity index (χ3n) is 2.36. The van der Waals surface area contributed by atoms with Crippen LogP contribution >= 0.6 is 0 Å². The summed E-state index contributed by atoms with van der Waals surface area (Å²) in [4.78, 5) is 26.7. The van der Waals surface area contributed by atoms with E-state index in [4.69, 9.17) is 0 Å². The predicted octanol–water partition coefficient (Wildman–Crippen LogP) is 0.123. The van der Waals surface area contributed by atoms with Gasteiger partial charge >= 0.3 is 5.97 Å². The van der Waals surface area contributed by atoms with Gasteiger partial charge in [-0.3, -0.25) is 4.79 Å². The minimum atomic E-state index is -0.683. The first-order valence-corrected chi connectivity index (χ1v) is 5.43. The largest absolute Gasteiger partial charge is 0.467 e. The van der Waals surface area contributed by atoms with Crippen LogP contribution in [0.4, 0.5) is 0 Å². The van der Waals surface area contributed by atoms with Gasteiger partial charge in [-0.15, -0.1) is 0 Å². The first kappa shape index (κ1) is 13.2. The number of amides is 1. The van der Waals surface area contributed by atoms with Gasteiger partial charge in [0.05, 0.1) is 13.7 Å². The SMILES string of the molecule is CCc1nccn1CC(NC(C)=O)C(=O)OC. The molecule has 1 rings (SSSR count). The summed E-state index contributed by atoms with van der Waals surface area (Å²) >= 11 is 0. The summed E-state index contributed by atoms with van der Waals surface area (Å²) in [7, 11) is 1.30. The highest BCUT2D eigenvalue weighted by Gasteiger charge is 2.21. The molecule has 0 saturated carbocycles. The van der Waals surface area contributed by atoms with Crippen LogP contribution in [0.25, 0.3) is 0 Å². The number of esters is 1. The quantitative estimate of drug-likeness (QED) is 0.741. The third kappa shape index (κ3) is 3.58. The number of aryl methyl sites for hydroxylation is 1. The van der Waals surface area contributed by atoms with Gasteiger partial charge in [0.25, 0.3) is 0 Å². The van der Waals surface area contributed by atoms with Crippen molar-refractivity contribution in [2.45, 2.75) is 32.9 Å². The molecule has 0 aliphatic rings. The molecular weight excluding hydrogens is 222 g/mol. The fourth-order valence-corrected chi connectivity index (χ4v) is 1.58. The second-order valence-corrected chi connectivity index (χ2v) is 3.63. The van der Waals surface area contributed by atoms with E-state index < -0.39 is 12.0 Å². The Bertz CT molecular complexity index is 400. The predicted molar refractivity (Wildman–Crippen MR) is 61.2 cm³/mol. The van der Waals surface area contributed by atoms with Gasteiger partial charge in [-0.05, 0) is 0 Å². The van der Waals surface area contributed by atoms with E-state index >= 15 is 0 Å². The number of hydrogen-bond donors (Lipinski definition) is 1. The van der Waals surface area contributed by atoms with E-state index in [2.05, 4.69) is 15.0 Å². The smallest absolute Gasteiger partial charge is 0.330 e. The highest BCUT2D eigenvalue weighted by molar-refractivity contribution is 5.83. The van der Waals surface area contributed by atoms with Crippen LogP contribution in [0.2, 0.25) is 0 Å². The molecule has 1 atom stereocenters. The van der Waals surface area contributed by atoms with Crippen molar-refractivity contribution in [1.82, 2.24) is 14.9 Å². The number of hydrogen-bond acceptors (Lipinski definition) is 4. The lowest BCUT2D eigenvalue weighted by Gasteiger charge is -2.17. The van der Waals surface area contributed by atoms with Gasteiger partial charge in [-0.25, -0.2) is 9.78 Å². The van der Waals surface area contributed by atoms with Crippen LogP contribution in [-0.2, 0) is 27.3 Å². The van der Waals surface area contributed by atoms with Crippen molar-refractivity contribution in [1.29, 1.82) is 0 Å².